The van der Waals surface area contributed by atoms with Crippen LogP contribution in [0.1, 0.15) is 30.4 Å². The van der Waals surface area contributed by atoms with Crippen LogP contribution in [0.5, 0.6) is 0 Å². The van der Waals surface area contributed by atoms with Crippen LogP contribution >= 0.6 is 11.3 Å². The van der Waals surface area contributed by atoms with Gasteiger partial charge in [-0.25, -0.2) is 0 Å². The van der Waals surface area contributed by atoms with Crippen molar-refractivity contribution in [1.29, 1.82) is 0 Å². The fraction of sp³-hybridized carbons (Fsp3) is 0.0741. The smallest absolute Gasteiger partial charge is 0.261 e. The Morgan fingerprint density at radius 2 is 1.18 bits per heavy atom. The number of carbonyl (C=O) groups excluding carboxylic acids is 3. The lowest BCUT2D eigenvalue weighted by Crippen LogP contribution is -2.34. The van der Waals surface area contributed by atoms with Crippen LogP contribution in [0.4, 0.5) is 5.69 Å². The van der Waals surface area contributed by atoms with Crippen LogP contribution in [0.15, 0.2) is 96.4 Å². The molecule has 1 heterocycles. The molecule has 6 nitrogen and oxygen atoms in total. The molecule has 0 aliphatic carbocycles. The lowest BCUT2D eigenvalue weighted by Gasteiger charge is -2.09. The van der Waals surface area contributed by atoms with Gasteiger partial charge in [-0.2, -0.15) is 0 Å². The predicted molar refractivity (Wildman–Crippen MR) is 135 cm³/mol. The monoisotopic (exact) mass is 469 g/mol. The summed E-state index contributed by atoms with van der Waals surface area (Å²) in [5.74, 6) is -0.628. The molecule has 3 aromatic carbocycles. The molecule has 0 unspecified atom stereocenters. The largest absolute Gasteiger partial charge is 0.350 e. The highest BCUT2D eigenvalue weighted by Crippen LogP contribution is 2.20. The molecule has 3 amide bonds. The van der Waals surface area contributed by atoms with Crippen LogP contribution in [0.25, 0.3) is 11.1 Å². The Labute approximate surface area is 201 Å². The molecule has 0 saturated carbocycles. The molecule has 0 fully saturated rings. The molecule has 170 valence electrons. The Hall–Kier alpha value is -4.23. The van der Waals surface area contributed by atoms with Gasteiger partial charge in [-0.1, -0.05) is 48.5 Å². The molecule has 0 aliphatic rings. The van der Waals surface area contributed by atoms with E-state index in [9.17, 15) is 14.4 Å². The van der Waals surface area contributed by atoms with E-state index in [-0.39, 0.29) is 17.7 Å². The molecule has 0 saturated heterocycles. The first-order chi connectivity index (χ1) is 16.6. The van der Waals surface area contributed by atoms with Crippen LogP contribution in [0.2, 0.25) is 0 Å². The average molecular weight is 470 g/mol. The predicted octanol–water partition coefficient (Wildman–Crippen LogP) is 4.83. The molecular formula is C27H23N3O3S. The summed E-state index contributed by atoms with van der Waals surface area (Å²) in [4.78, 5) is 37.4. The van der Waals surface area contributed by atoms with Crippen molar-refractivity contribution in [2.45, 2.75) is 0 Å². The summed E-state index contributed by atoms with van der Waals surface area (Å²) in [5.41, 5.74) is 3.74. The zero-order chi connectivity index (χ0) is 23.8. The van der Waals surface area contributed by atoms with E-state index in [1.807, 2.05) is 53.9 Å². The van der Waals surface area contributed by atoms with E-state index in [1.165, 1.54) is 11.3 Å². The van der Waals surface area contributed by atoms with Gasteiger partial charge < -0.3 is 16.0 Å². The van der Waals surface area contributed by atoms with Crippen molar-refractivity contribution in [1.82, 2.24) is 10.6 Å². The molecule has 0 bridgehead atoms. The van der Waals surface area contributed by atoms with E-state index in [0.29, 0.717) is 34.8 Å². The second-order valence-corrected chi connectivity index (χ2v) is 8.41. The van der Waals surface area contributed by atoms with E-state index in [0.717, 1.165) is 11.1 Å². The molecular weight excluding hydrogens is 446 g/mol. The first kappa shape index (κ1) is 22.9. The van der Waals surface area contributed by atoms with Gasteiger partial charge in [0.1, 0.15) is 0 Å². The Balaban J connectivity index is 1.25. The number of nitrogens with one attached hydrogen (secondary N) is 3. The van der Waals surface area contributed by atoms with E-state index < -0.39 is 0 Å². The Kier molecular flexibility index (Phi) is 7.47. The van der Waals surface area contributed by atoms with Crippen LogP contribution in [-0.4, -0.2) is 30.8 Å². The number of amides is 3. The molecule has 3 N–H and O–H groups in total. The van der Waals surface area contributed by atoms with E-state index in [4.69, 9.17) is 0 Å². The minimum atomic E-state index is -0.250. The molecule has 4 aromatic rings. The number of thiophene rings is 1. The molecule has 0 radical (unpaired) electrons. The summed E-state index contributed by atoms with van der Waals surface area (Å²) in [6.45, 7) is 0.646. The number of anilines is 1. The normalized spacial score (nSPS) is 10.4. The second-order valence-electron chi connectivity index (χ2n) is 7.46. The second kappa shape index (κ2) is 11.1. The van der Waals surface area contributed by atoms with Crippen molar-refractivity contribution < 1.29 is 14.4 Å². The standard InChI is InChI=1S/C27H23N3O3S/c31-25(28-16-17-29-27(33)24-7-4-18-34-24)21-12-14-23(15-13-21)30-26(32)22-10-8-20(9-11-22)19-5-2-1-3-6-19/h1-15,18H,16-17H2,(H,28,31)(H,29,33)(H,30,32). The van der Waals surface area contributed by atoms with Gasteiger partial charge in [0, 0.05) is 29.9 Å². The first-order valence-corrected chi connectivity index (χ1v) is 11.6. The topological polar surface area (TPSA) is 87.3 Å². The summed E-state index contributed by atoms with van der Waals surface area (Å²) < 4.78 is 0. The highest BCUT2D eigenvalue weighted by Gasteiger charge is 2.10. The fourth-order valence-electron chi connectivity index (χ4n) is 3.30. The number of carbonyl (C=O) groups is 3. The lowest BCUT2D eigenvalue weighted by molar-refractivity contribution is 0.0929. The van der Waals surface area contributed by atoms with Crippen molar-refractivity contribution in [2.75, 3.05) is 18.4 Å². The molecule has 1 aromatic heterocycles. The van der Waals surface area contributed by atoms with Crippen LogP contribution in [0, 0.1) is 0 Å². The van der Waals surface area contributed by atoms with Gasteiger partial charge in [-0.05, 0) is 59.0 Å². The van der Waals surface area contributed by atoms with Crippen LogP contribution < -0.4 is 16.0 Å². The maximum Gasteiger partial charge on any atom is 0.261 e. The van der Waals surface area contributed by atoms with Gasteiger partial charge in [0.15, 0.2) is 0 Å². The lowest BCUT2D eigenvalue weighted by atomic mass is 10.0. The minimum Gasteiger partial charge on any atom is -0.350 e. The summed E-state index contributed by atoms with van der Waals surface area (Å²) in [6, 6.07) is 27.6. The summed E-state index contributed by atoms with van der Waals surface area (Å²) in [6.07, 6.45) is 0. The zero-order valence-corrected chi connectivity index (χ0v) is 19.1. The fourth-order valence-corrected chi connectivity index (χ4v) is 3.94. The van der Waals surface area contributed by atoms with Crippen LogP contribution in [0.3, 0.4) is 0 Å². The third-order valence-corrected chi connectivity index (χ3v) is 5.97. The SMILES string of the molecule is O=C(NCCNC(=O)c1cccs1)c1ccc(NC(=O)c2ccc(-c3ccccc3)cc2)cc1. The molecule has 34 heavy (non-hydrogen) atoms. The Morgan fingerprint density at radius 1 is 0.588 bits per heavy atom. The van der Waals surface area contributed by atoms with E-state index in [1.54, 1.807) is 42.5 Å². The number of hydrogen-bond donors (Lipinski definition) is 3. The van der Waals surface area contributed by atoms with Gasteiger partial charge in [-0.3, -0.25) is 14.4 Å². The van der Waals surface area contributed by atoms with Crippen LogP contribution in [-0.2, 0) is 0 Å². The highest BCUT2D eigenvalue weighted by molar-refractivity contribution is 7.12. The van der Waals surface area contributed by atoms with E-state index in [2.05, 4.69) is 16.0 Å². The van der Waals surface area contributed by atoms with Gasteiger partial charge >= 0.3 is 0 Å². The molecule has 0 atom stereocenters. The van der Waals surface area contributed by atoms with Crippen molar-refractivity contribution in [3.8, 4) is 11.1 Å². The average Bonchev–Trinajstić information content (AvgIpc) is 3.43. The zero-order valence-electron chi connectivity index (χ0n) is 18.3. The summed E-state index contributed by atoms with van der Waals surface area (Å²) in [7, 11) is 0. The van der Waals surface area contributed by atoms with Gasteiger partial charge in [0.2, 0.25) is 0 Å². The molecule has 4 rings (SSSR count). The quantitative estimate of drug-likeness (QED) is 0.323. The van der Waals surface area contributed by atoms with Gasteiger partial charge in [0.05, 0.1) is 4.88 Å². The maximum atomic E-state index is 12.6. The number of rotatable bonds is 8. The van der Waals surface area contributed by atoms with Crippen molar-refractivity contribution in [3.63, 3.8) is 0 Å². The highest BCUT2D eigenvalue weighted by atomic mass is 32.1. The van der Waals surface area contributed by atoms with E-state index >= 15 is 0 Å². The summed E-state index contributed by atoms with van der Waals surface area (Å²) in [5, 5.41) is 10.2. The first-order valence-electron chi connectivity index (χ1n) is 10.8. The number of hydrogen-bond acceptors (Lipinski definition) is 4. The van der Waals surface area contributed by atoms with Crippen molar-refractivity contribution in [3.05, 3.63) is 112 Å². The molecule has 0 spiro atoms. The number of benzene rings is 3. The minimum absolute atomic E-state index is 0.154. The van der Waals surface area contributed by atoms with Gasteiger partial charge in [0.25, 0.3) is 17.7 Å². The molecule has 7 heteroatoms. The van der Waals surface area contributed by atoms with Crippen molar-refractivity contribution in [2.24, 2.45) is 0 Å². The third-order valence-electron chi connectivity index (χ3n) is 5.10. The Morgan fingerprint density at radius 3 is 1.82 bits per heavy atom. The molecule has 0 aliphatic heterocycles. The summed E-state index contributed by atoms with van der Waals surface area (Å²) >= 11 is 1.37. The van der Waals surface area contributed by atoms with Crippen molar-refractivity contribution >= 4 is 34.7 Å². The maximum absolute atomic E-state index is 12.6. The third kappa shape index (κ3) is 5.96. The van der Waals surface area contributed by atoms with Gasteiger partial charge in [-0.15, -0.1) is 11.3 Å². The Bertz CT molecular complexity index is 1250.